The predicted molar refractivity (Wildman–Crippen MR) is 98.2 cm³/mol. The first-order valence-corrected chi connectivity index (χ1v) is 9.41. The van der Waals surface area contributed by atoms with E-state index in [-0.39, 0.29) is 12.0 Å². The molecule has 2 aromatic carbocycles. The minimum atomic E-state index is 0.143. The fourth-order valence-electron chi connectivity index (χ4n) is 2.85. The Morgan fingerprint density at radius 3 is 2.54 bits per heavy atom. The molecule has 1 aliphatic heterocycles. The monoisotopic (exact) mass is 341 g/mol. The average Bonchev–Trinajstić information content (AvgIpc) is 2.66. The summed E-state index contributed by atoms with van der Waals surface area (Å²) >= 11 is 1.60. The van der Waals surface area contributed by atoms with Gasteiger partial charge in [-0.25, -0.2) is 0 Å². The van der Waals surface area contributed by atoms with Gasteiger partial charge in [-0.2, -0.15) is 0 Å². The van der Waals surface area contributed by atoms with E-state index in [1.165, 1.54) is 5.56 Å². The number of morpholine rings is 1. The van der Waals surface area contributed by atoms with Crippen LogP contribution in [0.1, 0.15) is 12.0 Å². The lowest BCUT2D eigenvalue weighted by Crippen LogP contribution is -2.46. The molecule has 1 amide bonds. The number of amides is 1. The summed E-state index contributed by atoms with van der Waals surface area (Å²) in [7, 11) is 0. The van der Waals surface area contributed by atoms with Crippen molar-refractivity contribution in [2.75, 3.05) is 25.4 Å². The third-order valence-corrected chi connectivity index (χ3v) is 5.19. The first-order valence-electron chi connectivity index (χ1n) is 8.42. The molecule has 3 rings (SSSR count). The molecule has 1 saturated heterocycles. The number of carbonyl (C=O) groups is 1. The van der Waals surface area contributed by atoms with E-state index in [0.29, 0.717) is 25.4 Å². The van der Waals surface area contributed by atoms with Crippen LogP contribution in [0.5, 0.6) is 0 Å². The molecule has 0 aliphatic carbocycles. The molecule has 0 N–H and O–H groups in total. The maximum Gasteiger partial charge on any atom is 0.233 e. The van der Waals surface area contributed by atoms with Crippen LogP contribution in [0.25, 0.3) is 0 Å². The average molecular weight is 341 g/mol. The number of hydrogen-bond acceptors (Lipinski definition) is 3. The van der Waals surface area contributed by atoms with Gasteiger partial charge in [0.1, 0.15) is 0 Å². The highest BCUT2D eigenvalue weighted by molar-refractivity contribution is 8.00. The standard InChI is InChI=1S/C20H23NO2S/c22-20(16-24-19-9-5-2-6-10-19)21-13-14-23-18(15-21)12-11-17-7-3-1-4-8-17/h1-10,18H,11-16H2/t18-/m1/s1. The number of benzene rings is 2. The summed E-state index contributed by atoms with van der Waals surface area (Å²) < 4.78 is 5.84. The molecule has 0 spiro atoms. The lowest BCUT2D eigenvalue weighted by Gasteiger charge is -2.33. The molecular formula is C20H23NO2S. The van der Waals surface area contributed by atoms with Crippen LogP contribution in [0.15, 0.2) is 65.6 Å². The van der Waals surface area contributed by atoms with Crippen molar-refractivity contribution in [2.24, 2.45) is 0 Å². The second kappa shape index (κ2) is 8.90. The van der Waals surface area contributed by atoms with Gasteiger partial charge in [0, 0.05) is 18.0 Å². The van der Waals surface area contributed by atoms with E-state index in [1.54, 1.807) is 11.8 Å². The number of rotatable bonds is 6. The molecule has 0 saturated carbocycles. The highest BCUT2D eigenvalue weighted by Crippen LogP contribution is 2.19. The lowest BCUT2D eigenvalue weighted by atomic mass is 10.1. The van der Waals surface area contributed by atoms with E-state index >= 15 is 0 Å². The number of aryl methyl sites for hydroxylation is 1. The first-order chi connectivity index (χ1) is 11.8. The Kier molecular flexibility index (Phi) is 6.33. The van der Waals surface area contributed by atoms with Crippen molar-refractivity contribution in [2.45, 2.75) is 23.8 Å². The fraction of sp³-hybridized carbons (Fsp3) is 0.350. The van der Waals surface area contributed by atoms with Gasteiger partial charge in [-0.15, -0.1) is 11.8 Å². The lowest BCUT2D eigenvalue weighted by molar-refractivity contribution is -0.136. The molecule has 1 aliphatic rings. The zero-order chi connectivity index (χ0) is 16.6. The van der Waals surface area contributed by atoms with Crippen LogP contribution in [-0.2, 0) is 16.0 Å². The van der Waals surface area contributed by atoms with Crippen LogP contribution in [0.3, 0.4) is 0 Å². The molecule has 1 atom stereocenters. The topological polar surface area (TPSA) is 29.5 Å². The zero-order valence-electron chi connectivity index (χ0n) is 13.8. The quantitative estimate of drug-likeness (QED) is 0.751. The van der Waals surface area contributed by atoms with E-state index < -0.39 is 0 Å². The summed E-state index contributed by atoms with van der Waals surface area (Å²) in [5, 5.41) is 0. The van der Waals surface area contributed by atoms with Crippen molar-refractivity contribution >= 4 is 17.7 Å². The van der Waals surface area contributed by atoms with E-state index in [2.05, 4.69) is 24.3 Å². The van der Waals surface area contributed by atoms with E-state index in [0.717, 1.165) is 17.7 Å². The van der Waals surface area contributed by atoms with Crippen LogP contribution in [-0.4, -0.2) is 42.4 Å². The largest absolute Gasteiger partial charge is 0.375 e. The molecule has 0 unspecified atom stereocenters. The normalized spacial score (nSPS) is 17.7. The van der Waals surface area contributed by atoms with Crippen molar-refractivity contribution in [1.82, 2.24) is 4.90 Å². The van der Waals surface area contributed by atoms with Crippen molar-refractivity contribution in [3.05, 3.63) is 66.2 Å². The second-order valence-corrected chi connectivity index (χ2v) is 7.01. The van der Waals surface area contributed by atoms with Crippen LogP contribution in [0, 0.1) is 0 Å². The third-order valence-electron chi connectivity index (χ3n) is 4.19. The Labute approximate surface area is 148 Å². The molecule has 1 fully saturated rings. The summed E-state index contributed by atoms with van der Waals surface area (Å²) in [4.78, 5) is 15.5. The van der Waals surface area contributed by atoms with Gasteiger partial charge in [-0.3, -0.25) is 4.79 Å². The number of ether oxygens (including phenoxy) is 1. The summed E-state index contributed by atoms with van der Waals surface area (Å²) in [6.07, 6.45) is 2.09. The predicted octanol–water partition coefficient (Wildman–Crippen LogP) is 3.64. The Bertz CT molecular complexity index is 633. The fourth-order valence-corrected chi connectivity index (χ4v) is 3.67. The summed E-state index contributed by atoms with van der Waals surface area (Å²) in [6.45, 7) is 2.05. The van der Waals surface area contributed by atoms with E-state index in [4.69, 9.17) is 4.74 Å². The minimum Gasteiger partial charge on any atom is -0.375 e. The third kappa shape index (κ3) is 5.11. The Morgan fingerprint density at radius 2 is 1.79 bits per heavy atom. The second-order valence-electron chi connectivity index (χ2n) is 5.96. The molecule has 1 heterocycles. The van der Waals surface area contributed by atoms with Crippen LogP contribution in [0.2, 0.25) is 0 Å². The maximum absolute atomic E-state index is 12.4. The van der Waals surface area contributed by atoms with Crippen molar-refractivity contribution in [3.8, 4) is 0 Å². The van der Waals surface area contributed by atoms with Gasteiger partial charge in [0.2, 0.25) is 5.91 Å². The van der Waals surface area contributed by atoms with Crippen molar-refractivity contribution < 1.29 is 9.53 Å². The molecule has 2 aromatic rings. The number of nitrogens with zero attached hydrogens (tertiary/aromatic N) is 1. The SMILES string of the molecule is O=C(CSc1ccccc1)N1CCO[C@H](CCc2ccccc2)C1. The molecule has 0 bridgehead atoms. The van der Waals surface area contributed by atoms with Crippen LogP contribution in [0.4, 0.5) is 0 Å². The first kappa shape index (κ1) is 17.1. The van der Waals surface area contributed by atoms with Crippen LogP contribution < -0.4 is 0 Å². The minimum absolute atomic E-state index is 0.143. The molecule has 3 nitrogen and oxygen atoms in total. The smallest absolute Gasteiger partial charge is 0.233 e. The van der Waals surface area contributed by atoms with Gasteiger partial charge in [-0.05, 0) is 30.5 Å². The van der Waals surface area contributed by atoms with E-state index in [1.807, 2.05) is 41.3 Å². The Morgan fingerprint density at radius 1 is 1.08 bits per heavy atom. The Balaban J connectivity index is 1.45. The molecule has 4 heteroatoms. The van der Waals surface area contributed by atoms with Crippen molar-refractivity contribution in [1.29, 1.82) is 0 Å². The molecular weight excluding hydrogens is 318 g/mol. The number of hydrogen-bond donors (Lipinski definition) is 0. The highest BCUT2D eigenvalue weighted by atomic mass is 32.2. The van der Waals surface area contributed by atoms with E-state index in [9.17, 15) is 4.79 Å². The molecule has 0 radical (unpaired) electrons. The highest BCUT2D eigenvalue weighted by Gasteiger charge is 2.23. The van der Waals surface area contributed by atoms with Gasteiger partial charge in [0.05, 0.1) is 18.5 Å². The van der Waals surface area contributed by atoms with Gasteiger partial charge < -0.3 is 9.64 Å². The summed E-state index contributed by atoms with van der Waals surface area (Å²) in [5.41, 5.74) is 1.32. The van der Waals surface area contributed by atoms with Gasteiger partial charge in [0.15, 0.2) is 0 Å². The van der Waals surface area contributed by atoms with Crippen LogP contribution >= 0.6 is 11.8 Å². The van der Waals surface area contributed by atoms with Crippen molar-refractivity contribution in [3.63, 3.8) is 0 Å². The number of thioether (sulfide) groups is 1. The summed E-state index contributed by atoms with van der Waals surface area (Å²) in [6, 6.07) is 20.5. The van der Waals surface area contributed by atoms with Gasteiger partial charge in [0.25, 0.3) is 0 Å². The number of carbonyl (C=O) groups excluding carboxylic acids is 1. The molecule has 24 heavy (non-hydrogen) atoms. The maximum atomic E-state index is 12.4. The van der Waals surface area contributed by atoms with Gasteiger partial charge >= 0.3 is 0 Å². The van der Waals surface area contributed by atoms with Gasteiger partial charge in [-0.1, -0.05) is 48.5 Å². The zero-order valence-corrected chi connectivity index (χ0v) is 14.6. The molecule has 0 aromatic heterocycles. The Hall–Kier alpha value is -1.78. The molecule has 126 valence electrons. The summed E-state index contributed by atoms with van der Waals surface area (Å²) in [5.74, 6) is 0.701.